The summed E-state index contributed by atoms with van der Waals surface area (Å²) in [7, 11) is 2.01. The number of hydrogen-bond donors (Lipinski definition) is 1. The second-order valence-corrected chi connectivity index (χ2v) is 6.41. The van der Waals surface area contributed by atoms with Crippen molar-refractivity contribution in [2.75, 3.05) is 26.7 Å². The van der Waals surface area contributed by atoms with E-state index in [1.54, 1.807) is 0 Å². The average Bonchev–Trinajstić information content (AvgIpc) is 2.95. The maximum absolute atomic E-state index is 12.2. The Kier molecular flexibility index (Phi) is 5.47. The zero-order chi connectivity index (χ0) is 12.5. The van der Waals surface area contributed by atoms with E-state index in [1.165, 1.54) is 19.3 Å². The Bertz CT molecular complexity index is 286. The molecular weight excluding hydrogens is 248 g/mol. The largest absolute Gasteiger partial charge is 0.342 e. The molecule has 0 aromatic rings. The van der Waals surface area contributed by atoms with Crippen LogP contribution in [-0.2, 0) is 4.79 Å². The van der Waals surface area contributed by atoms with E-state index in [0.29, 0.717) is 11.8 Å². The summed E-state index contributed by atoms with van der Waals surface area (Å²) in [6, 6.07) is 0. The molecule has 18 heavy (non-hydrogen) atoms. The van der Waals surface area contributed by atoms with Crippen molar-refractivity contribution in [2.24, 2.45) is 17.3 Å². The van der Waals surface area contributed by atoms with Gasteiger partial charge >= 0.3 is 0 Å². The van der Waals surface area contributed by atoms with Crippen LogP contribution in [0.4, 0.5) is 0 Å². The molecule has 0 aromatic heterocycles. The van der Waals surface area contributed by atoms with Gasteiger partial charge in [0.1, 0.15) is 0 Å². The summed E-state index contributed by atoms with van der Waals surface area (Å²) in [6.45, 7) is 7.48. The van der Waals surface area contributed by atoms with Gasteiger partial charge in [-0.05, 0) is 50.6 Å². The minimum absolute atomic E-state index is 0. The Morgan fingerprint density at radius 2 is 1.89 bits per heavy atom. The van der Waals surface area contributed by atoms with Crippen LogP contribution >= 0.6 is 12.4 Å². The van der Waals surface area contributed by atoms with E-state index < -0.39 is 0 Å². The second-order valence-electron chi connectivity index (χ2n) is 6.41. The molecule has 106 valence electrons. The van der Waals surface area contributed by atoms with Crippen molar-refractivity contribution in [3.8, 4) is 0 Å². The summed E-state index contributed by atoms with van der Waals surface area (Å²) >= 11 is 0. The van der Waals surface area contributed by atoms with Gasteiger partial charge in [0.15, 0.2) is 0 Å². The monoisotopic (exact) mass is 274 g/mol. The lowest BCUT2D eigenvalue weighted by Crippen LogP contribution is -2.40. The fourth-order valence-electron chi connectivity index (χ4n) is 2.90. The first-order valence-corrected chi connectivity index (χ1v) is 6.98. The number of halogens is 1. The molecule has 0 radical (unpaired) electrons. The summed E-state index contributed by atoms with van der Waals surface area (Å²) in [4.78, 5) is 14.3. The second kappa shape index (κ2) is 6.25. The van der Waals surface area contributed by atoms with Gasteiger partial charge < -0.3 is 10.2 Å². The summed E-state index contributed by atoms with van der Waals surface area (Å²) in [5.41, 5.74) is 0.278. The molecule has 2 fully saturated rings. The van der Waals surface area contributed by atoms with E-state index >= 15 is 0 Å². The fourth-order valence-corrected chi connectivity index (χ4v) is 2.90. The minimum atomic E-state index is 0. The summed E-state index contributed by atoms with van der Waals surface area (Å²) in [6.07, 6.45) is 4.74. The van der Waals surface area contributed by atoms with Crippen molar-refractivity contribution >= 4 is 18.3 Å². The van der Waals surface area contributed by atoms with E-state index in [4.69, 9.17) is 0 Å². The summed E-state index contributed by atoms with van der Waals surface area (Å²) < 4.78 is 0. The predicted molar refractivity (Wildman–Crippen MR) is 77.0 cm³/mol. The first-order chi connectivity index (χ1) is 8.04. The Balaban J connectivity index is 0.00000162. The summed E-state index contributed by atoms with van der Waals surface area (Å²) in [5.74, 6) is 1.55. The van der Waals surface area contributed by atoms with Gasteiger partial charge in [0, 0.05) is 19.0 Å². The van der Waals surface area contributed by atoms with Crippen molar-refractivity contribution in [3.05, 3.63) is 0 Å². The molecule has 1 unspecified atom stereocenters. The SMILES string of the molecule is CNCCC1CCN(C(=O)C2CC2(C)C)CC1.Cl. The molecule has 0 spiro atoms. The van der Waals surface area contributed by atoms with Crippen molar-refractivity contribution in [1.29, 1.82) is 0 Å². The van der Waals surface area contributed by atoms with Crippen LogP contribution in [-0.4, -0.2) is 37.5 Å². The molecule has 1 atom stereocenters. The number of amides is 1. The lowest BCUT2D eigenvalue weighted by Gasteiger charge is -2.32. The molecule has 2 rings (SSSR count). The number of carbonyl (C=O) groups is 1. The first-order valence-electron chi connectivity index (χ1n) is 6.98. The van der Waals surface area contributed by atoms with Crippen molar-refractivity contribution < 1.29 is 4.79 Å². The first kappa shape index (κ1) is 15.8. The number of nitrogens with one attached hydrogen (secondary N) is 1. The van der Waals surface area contributed by atoms with Crippen LogP contribution in [0.15, 0.2) is 0 Å². The normalized spacial score (nSPS) is 26.6. The van der Waals surface area contributed by atoms with Crippen LogP contribution in [0.5, 0.6) is 0 Å². The molecule has 1 heterocycles. The lowest BCUT2D eigenvalue weighted by molar-refractivity contribution is -0.134. The van der Waals surface area contributed by atoms with Crippen LogP contribution in [0.3, 0.4) is 0 Å². The number of piperidine rings is 1. The molecule has 0 bridgehead atoms. The molecule has 1 aliphatic carbocycles. The Labute approximate surface area is 117 Å². The van der Waals surface area contributed by atoms with E-state index in [2.05, 4.69) is 24.1 Å². The fraction of sp³-hybridized carbons (Fsp3) is 0.929. The predicted octanol–water partition coefficient (Wildman–Crippen LogP) is 2.30. The van der Waals surface area contributed by atoms with Crippen molar-refractivity contribution in [3.63, 3.8) is 0 Å². The lowest BCUT2D eigenvalue weighted by atomic mass is 9.93. The van der Waals surface area contributed by atoms with Gasteiger partial charge in [-0.1, -0.05) is 13.8 Å². The Morgan fingerprint density at radius 1 is 1.33 bits per heavy atom. The number of carbonyl (C=O) groups excluding carboxylic acids is 1. The number of hydrogen-bond acceptors (Lipinski definition) is 2. The smallest absolute Gasteiger partial charge is 0.226 e. The third-order valence-electron chi connectivity index (χ3n) is 4.54. The van der Waals surface area contributed by atoms with Gasteiger partial charge in [-0.2, -0.15) is 0 Å². The molecular formula is C14H27ClN2O. The van der Waals surface area contributed by atoms with Gasteiger partial charge in [-0.25, -0.2) is 0 Å². The van der Waals surface area contributed by atoms with Gasteiger partial charge in [0.05, 0.1) is 0 Å². The van der Waals surface area contributed by atoms with Crippen LogP contribution in [0.25, 0.3) is 0 Å². The average molecular weight is 275 g/mol. The van der Waals surface area contributed by atoms with Crippen LogP contribution in [0.2, 0.25) is 0 Å². The van der Waals surface area contributed by atoms with Crippen LogP contribution in [0.1, 0.15) is 39.5 Å². The van der Waals surface area contributed by atoms with Gasteiger partial charge in [-0.3, -0.25) is 4.79 Å². The van der Waals surface area contributed by atoms with E-state index in [0.717, 1.165) is 32.0 Å². The van der Waals surface area contributed by atoms with Crippen molar-refractivity contribution in [1.82, 2.24) is 10.2 Å². The highest BCUT2D eigenvalue weighted by Crippen LogP contribution is 2.52. The Morgan fingerprint density at radius 3 is 2.33 bits per heavy atom. The third kappa shape index (κ3) is 3.61. The van der Waals surface area contributed by atoms with Crippen molar-refractivity contribution in [2.45, 2.75) is 39.5 Å². The highest BCUT2D eigenvalue weighted by molar-refractivity contribution is 5.85. The quantitative estimate of drug-likeness (QED) is 0.853. The Hall–Kier alpha value is -0.280. The summed E-state index contributed by atoms with van der Waals surface area (Å²) in [5, 5.41) is 3.21. The number of nitrogens with zero attached hydrogens (tertiary/aromatic N) is 1. The topological polar surface area (TPSA) is 32.3 Å². The van der Waals surface area contributed by atoms with Crippen LogP contribution in [0, 0.1) is 17.3 Å². The van der Waals surface area contributed by atoms with E-state index in [-0.39, 0.29) is 17.8 Å². The highest BCUT2D eigenvalue weighted by atomic mass is 35.5. The molecule has 0 aromatic carbocycles. The van der Waals surface area contributed by atoms with E-state index in [1.807, 2.05) is 7.05 Å². The molecule has 1 aliphatic heterocycles. The molecule has 1 amide bonds. The molecule has 3 nitrogen and oxygen atoms in total. The number of likely N-dealkylation sites (tertiary alicyclic amines) is 1. The molecule has 1 saturated heterocycles. The van der Waals surface area contributed by atoms with Crippen LogP contribution < -0.4 is 5.32 Å². The van der Waals surface area contributed by atoms with Gasteiger partial charge in [0.25, 0.3) is 0 Å². The number of rotatable bonds is 4. The zero-order valence-corrected chi connectivity index (χ0v) is 12.7. The standard InChI is InChI=1S/C14H26N2O.ClH/c1-14(2)10-12(14)13(17)16-8-5-11(6-9-16)4-7-15-3;/h11-12,15H,4-10H2,1-3H3;1H. The maximum atomic E-state index is 12.2. The van der Waals surface area contributed by atoms with Gasteiger partial charge in [0.2, 0.25) is 5.91 Å². The maximum Gasteiger partial charge on any atom is 0.226 e. The molecule has 1 N–H and O–H groups in total. The minimum Gasteiger partial charge on any atom is -0.342 e. The zero-order valence-electron chi connectivity index (χ0n) is 11.9. The molecule has 4 heteroatoms. The van der Waals surface area contributed by atoms with Gasteiger partial charge in [-0.15, -0.1) is 12.4 Å². The molecule has 1 saturated carbocycles. The molecule has 2 aliphatic rings. The van der Waals surface area contributed by atoms with E-state index in [9.17, 15) is 4.79 Å². The highest BCUT2D eigenvalue weighted by Gasteiger charge is 2.52. The third-order valence-corrected chi connectivity index (χ3v) is 4.54.